The quantitative estimate of drug-likeness (QED) is 0.561. The van der Waals surface area contributed by atoms with Gasteiger partial charge in [-0.25, -0.2) is 9.97 Å². The van der Waals surface area contributed by atoms with Crippen molar-refractivity contribution in [3.63, 3.8) is 0 Å². The van der Waals surface area contributed by atoms with Crippen molar-refractivity contribution in [1.29, 1.82) is 0 Å². The standard InChI is InChI=1S/C17H13N3O/c1-21-17-16-18-11-15(12-7-3-2-4-8-12)20(16)14-10-6-5-9-13(14)19-17/h2-11H,1H3. The summed E-state index contributed by atoms with van der Waals surface area (Å²) in [6, 6.07) is 18.2. The molecule has 0 saturated carbocycles. The zero-order valence-electron chi connectivity index (χ0n) is 11.5. The lowest BCUT2D eigenvalue weighted by molar-refractivity contribution is 0.402. The van der Waals surface area contributed by atoms with Gasteiger partial charge < -0.3 is 4.74 Å². The van der Waals surface area contributed by atoms with Crippen LogP contribution >= 0.6 is 0 Å². The zero-order chi connectivity index (χ0) is 14.2. The molecule has 4 heteroatoms. The zero-order valence-corrected chi connectivity index (χ0v) is 11.5. The minimum Gasteiger partial charge on any atom is -0.478 e. The first-order valence-electron chi connectivity index (χ1n) is 6.74. The first kappa shape index (κ1) is 11.9. The van der Waals surface area contributed by atoms with Gasteiger partial charge in [-0.2, -0.15) is 0 Å². The predicted octanol–water partition coefficient (Wildman–Crippen LogP) is 3.56. The second-order valence-corrected chi connectivity index (χ2v) is 4.78. The number of para-hydroxylation sites is 2. The minimum atomic E-state index is 0.538. The van der Waals surface area contributed by atoms with Crippen LogP contribution in [0, 0.1) is 0 Å². The lowest BCUT2D eigenvalue weighted by atomic mass is 10.1. The largest absolute Gasteiger partial charge is 0.478 e. The van der Waals surface area contributed by atoms with Gasteiger partial charge in [0.15, 0.2) is 0 Å². The van der Waals surface area contributed by atoms with E-state index in [2.05, 4.69) is 26.5 Å². The van der Waals surface area contributed by atoms with E-state index in [-0.39, 0.29) is 0 Å². The molecule has 0 unspecified atom stereocenters. The van der Waals surface area contributed by atoms with Gasteiger partial charge in [-0.15, -0.1) is 0 Å². The van der Waals surface area contributed by atoms with Crippen molar-refractivity contribution < 1.29 is 4.74 Å². The Hall–Kier alpha value is -2.88. The van der Waals surface area contributed by atoms with Crippen molar-refractivity contribution in [3.8, 4) is 17.1 Å². The molecule has 0 bridgehead atoms. The summed E-state index contributed by atoms with van der Waals surface area (Å²) >= 11 is 0. The molecule has 2 aromatic heterocycles. The fourth-order valence-electron chi connectivity index (χ4n) is 2.60. The summed E-state index contributed by atoms with van der Waals surface area (Å²) in [7, 11) is 1.62. The van der Waals surface area contributed by atoms with Gasteiger partial charge in [0.2, 0.25) is 5.65 Å². The summed E-state index contributed by atoms with van der Waals surface area (Å²) in [5.41, 5.74) is 4.78. The number of hydrogen-bond donors (Lipinski definition) is 0. The number of ether oxygens (including phenoxy) is 1. The Labute approximate surface area is 121 Å². The highest BCUT2D eigenvalue weighted by molar-refractivity contribution is 5.83. The summed E-state index contributed by atoms with van der Waals surface area (Å²) in [5.74, 6) is 0.538. The van der Waals surface area contributed by atoms with Crippen LogP contribution in [0.4, 0.5) is 0 Å². The molecule has 4 aromatic rings. The van der Waals surface area contributed by atoms with E-state index in [1.54, 1.807) is 7.11 Å². The van der Waals surface area contributed by atoms with Gasteiger partial charge in [-0.1, -0.05) is 42.5 Å². The molecule has 4 nitrogen and oxygen atoms in total. The molecule has 21 heavy (non-hydrogen) atoms. The third-order valence-corrected chi connectivity index (χ3v) is 3.56. The van der Waals surface area contributed by atoms with Gasteiger partial charge in [0.25, 0.3) is 5.88 Å². The van der Waals surface area contributed by atoms with Gasteiger partial charge in [-0.3, -0.25) is 4.40 Å². The summed E-state index contributed by atoms with van der Waals surface area (Å²) < 4.78 is 7.48. The maximum atomic E-state index is 5.39. The molecule has 2 aromatic carbocycles. The van der Waals surface area contributed by atoms with Crippen LogP contribution in [0.2, 0.25) is 0 Å². The average molecular weight is 275 g/mol. The van der Waals surface area contributed by atoms with Crippen LogP contribution < -0.4 is 4.74 Å². The van der Waals surface area contributed by atoms with E-state index in [1.807, 2.05) is 48.7 Å². The molecule has 0 spiro atoms. The molecule has 102 valence electrons. The Morgan fingerprint density at radius 1 is 0.952 bits per heavy atom. The minimum absolute atomic E-state index is 0.538. The molecule has 0 aliphatic carbocycles. The van der Waals surface area contributed by atoms with Crippen molar-refractivity contribution in [1.82, 2.24) is 14.4 Å². The Morgan fingerprint density at radius 2 is 1.71 bits per heavy atom. The number of imidazole rings is 1. The average Bonchev–Trinajstić information content (AvgIpc) is 3.00. The summed E-state index contributed by atoms with van der Waals surface area (Å²) in [6.07, 6.45) is 1.86. The topological polar surface area (TPSA) is 39.4 Å². The van der Waals surface area contributed by atoms with E-state index in [4.69, 9.17) is 4.74 Å². The molecule has 2 heterocycles. The van der Waals surface area contributed by atoms with Crippen LogP contribution in [-0.4, -0.2) is 21.5 Å². The molecule has 0 radical (unpaired) electrons. The SMILES string of the molecule is COc1nc2ccccc2n2c(-c3ccccc3)cnc12. The Bertz CT molecular complexity index is 929. The van der Waals surface area contributed by atoms with Crippen molar-refractivity contribution in [2.75, 3.05) is 7.11 Å². The summed E-state index contributed by atoms with van der Waals surface area (Å²) in [5, 5.41) is 0. The molecule has 0 amide bonds. The highest BCUT2D eigenvalue weighted by Gasteiger charge is 2.14. The number of benzene rings is 2. The van der Waals surface area contributed by atoms with Gasteiger partial charge in [-0.05, 0) is 12.1 Å². The van der Waals surface area contributed by atoms with Crippen LogP contribution in [0.3, 0.4) is 0 Å². The number of methoxy groups -OCH3 is 1. The second-order valence-electron chi connectivity index (χ2n) is 4.78. The number of hydrogen-bond acceptors (Lipinski definition) is 3. The molecule has 0 fully saturated rings. The van der Waals surface area contributed by atoms with Crippen molar-refractivity contribution in [3.05, 3.63) is 60.8 Å². The Balaban J connectivity index is 2.17. The second kappa shape index (κ2) is 4.59. The van der Waals surface area contributed by atoms with Crippen molar-refractivity contribution >= 4 is 16.7 Å². The smallest absolute Gasteiger partial charge is 0.258 e. The monoisotopic (exact) mass is 275 g/mol. The molecule has 0 saturated heterocycles. The number of fused-ring (bicyclic) bond motifs is 3. The van der Waals surface area contributed by atoms with Crippen LogP contribution in [-0.2, 0) is 0 Å². The Morgan fingerprint density at radius 3 is 2.52 bits per heavy atom. The predicted molar refractivity (Wildman–Crippen MR) is 82.5 cm³/mol. The van der Waals surface area contributed by atoms with Crippen LogP contribution in [0.5, 0.6) is 5.88 Å². The first-order chi connectivity index (χ1) is 10.4. The summed E-state index contributed by atoms with van der Waals surface area (Å²) in [6.45, 7) is 0. The molecule has 0 aliphatic heterocycles. The van der Waals surface area contributed by atoms with Crippen LogP contribution in [0.25, 0.3) is 27.9 Å². The third kappa shape index (κ3) is 1.76. The Kier molecular flexibility index (Phi) is 2.60. The summed E-state index contributed by atoms with van der Waals surface area (Å²) in [4.78, 5) is 9.01. The van der Waals surface area contributed by atoms with E-state index < -0.39 is 0 Å². The van der Waals surface area contributed by atoms with Crippen molar-refractivity contribution in [2.24, 2.45) is 0 Å². The molecular weight excluding hydrogens is 262 g/mol. The third-order valence-electron chi connectivity index (χ3n) is 3.56. The first-order valence-corrected chi connectivity index (χ1v) is 6.74. The van der Waals surface area contributed by atoms with Crippen LogP contribution in [0.1, 0.15) is 0 Å². The highest BCUT2D eigenvalue weighted by Crippen LogP contribution is 2.28. The van der Waals surface area contributed by atoms with E-state index in [0.717, 1.165) is 27.9 Å². The highest BCUT2D eigenvalue weighted by atomic mass is 16.5. The van der Waals surface area contributed by atoms with Gasteiger partial charge >= 0.3 is 0 Å². The molecule has 0 aliphatic rings. The fraction of sp³-hybridized carbons (Fsp3) is 0.0588. The lowest BCUT2D eigenvalue weighted by Crippen LogP contribution is -1.98. The van der Waals surface area contributed by atoms with E-state index >= 15 is 0 Å². The molecule has 0 atom stereocenters. The van der Waals surface area contributed by atoms with Crippen LogP contribution in [0.15, 0.2) is 60.8 Å². The van der Waals surface area contributed by atoms with E-state index in [0.29, 0.717) is 5.88 Å². The normalized spacial score (nSPS) is 11.1. The fourth-order valence-corrected chi connectivity index (χ4v) is 2.60. The van der Waals surface area contributed by atoms with Gasteiger partial charge in [0, 0.05) is 5.56 Å². The van der Waals surface area contributed by atoms with Gasteiger partial charge in [0.05, 0.1) is 30.0 Å². The van der Waals surface area contributed by atoms with Crippen molar-refractivity contribution in [2.45, 2.75) is 0 Å². The molecular formula is C17H13N3O. The number of nitrogens with zero attached hydrogens (tertiary/aromatic N) is 3. The lowest BCUT2D eigenvalue weighted by Gasteiger charge is -2.08. The number of rotatable bonds is 2. The van der Waals surface area contributed by atoms with Gasteiger partial charge in [0.1, 0.15) is 0 Å². The number of aromatic nitrogens is 3. The maximum Gasteiger partial charge on any atom is 0.258 e. The maximum absolute atomic E-state index is 5.39. The molecule has 0 N–H and O–H groups in total. The van der Waals surface area contributed by atoms with E-state index in [9.17, 15) is 0 Å². The van der Waals surface area contributed by atoms with E-state index in [1.165, 1.54) is 0 Å². The molecule has 4 rings (SSSR count).